The molecule has 26 heavy (non-hydrogen) atoms. The zero-order valence-electron chi connectivity index (χ0n) is 15.3. The summed E-state index contributed by atoms with van der Waals surface area (Å²) in [6.45, 7) is 5.34. The molecular formula is C18H26FN3O4. The molecule has 144 valence electrons. The van der Waals surface area contributed by atoms with Crippen molar-refractivity contribution in [3.8, 4) is 0 Å². The van der Waals surface area contributed by atoms with Crippen LogP contribution in [0.5, 0.6) is 0 Å². The topological polar surface area (TPSA) is 99.6 Å². The number of Topliss-reactive ketones (excluding diaryl/α,β-unsaturated/α-hetero) is 1. The summed E-state index contributed by atoms with van der Waals surface area (Å²) < 4.78 is 13.7. The average Bonchev–Trinajstić information content (AvgIpc) is 2.62. The fourth-order valence-corrected chi connectivity index (χ4v) is 2.64. The van der Waals surface area contributed by atoms with E-state index in [-0.39, 0.29) is 30.2 Å². The molecule has 7 nitrogen and oxygen atoms in total. The third-order valence-electron chi connectivity index (χ3n) is 4.11. The first-order chi connectivity index (χ1) is 12.3. The van der Waals surface area contributed by atoms with Crippen molar-refractivity contribution in [2.75, 3.05) is 6.54 Å². The molecule has 0 saturated heterocycles. The van der Waals surface area contributed by atoms with Crippen molar-refractivity contribution in [2.45, 2.75) is 46.1 Å². The lowest BCUT2D eigenvalue weighted by Gasteiger charge is -2.27. The van der Waals surface area contributed by atoms with Gasteiger partial charge in [-0.15, -0.1) is 0 Å². The fraction of sp³-hybridized carbons (Fsp3) is 0.556. The number of pyridine rings is 1. The van der Waals surface area contributed by atoms with Crippen LogP contribution < -0.4 is 5.32 Å². The molecule has 0 unspecified atom stereocenters. The molecule has 2 amide bonds. The number of hydroxylamine groups is 2. The number of aromatic nitrogens is 1. The zero-order valence-corrected chi connectivity index (χ0v) is 15.3. The van der Waals surface area contributed by atoms with Crippen molar-refractivity contribution in [1.82, 2.24) is 15.4 Å². The Morgan fingerprint density at radius 1 is 1.42 bits per heavy atom. The average molecular weight is 367 g/mol. The molecule has 0 aliphatic carbocycles. The van der Waals surface area contributed by atoms with E-state index in [1.54, 1.807) is 13.8 Å². The third kappa shape index (κ3) is 6.18. The second-order valence-electron chi connectivity index (χ2n) is 6.52. The minimum Gasteiger partial charge on any atom is -0.342 e. The highest BCUT2D eigenvalue weighted by atomic mass is 19.1. The molecule has 0 bridgehead atoms. The molecule has 0 aliphatic heterocycles. The van der Waals surface area contributed by atoms with Gasteiger partial charge in [-0.25, -0.2) is 9.45 Å². The Morgan fingerprint density at radius 3 is 2.65 bits per heavy atom. The second-order valence-corrected chi connectivity index (χ2v) is 6.52. The summed E-state index contributed by atoms with van der Waals surface area (Å²) in [5.74, 6) is -2.64. The monoisotopic (exact) mass is 367 g/mol. The van der Waals surface area contributed by atoms with Gasteiger partial charge in [0, 0.05) is 12.1 Å². The quantitative estimate of drug-likeness (QED) is 0.355. The molecule has 0 spiro atoms. The third-order valence-corrected chi connectivity index (χ3v) is 4.11. The van der Waals surface area contributed by atoms with Gasteiger partial charge < -0.3 is 5.32 Å². The minimum atomic E-state index is -0.864. The summed E-state index contributed by atoms with van der Waals surface area (Å²) in [5, 5.41) is 12.5. The maximum Gasteiger partial charge on any atom is 0.254 e. The number of hydrogen-bond acceptors (Lipinski definition) is 5. The molecule has 2 atom stereocenters. The largest absolute Gasteiger partial charge is 0.342 e. The van der Waals surface area contributed by atoms with Crippen LogP contribution in [0.3, 0.4) is 0 Å². The van der Waals surface area contributed by atoms with Gasteiger partial charge in [0.1, 0.15) is 0 Å². The molecular weight excluding hydrogens is 341 g/mol. The van der Waals surface area contributed by atoms with E-state index in [4.69, 9.17) is 0 Å². The van der Waals surface area contributed by atoms with Crippen LogP contribution in [-0.2, 0) is 9.59 Å². The van der Waals surface area contributed by atoms with Crippen LogP contribution in [0.15, 0.2) is 18.5 Å². The number of halogens is 1. The highest BCUT2D eigenvalue weighted by molar-refractivity contribution is 5.98. The number of ketones is 1. The van der Waals surface area contributed by atoms with Gasteiger partial charge in [-0.05, 0) is 18.4 Å². The van der Waals surface area contributed by atoms with E-state index in [0.717, 1.165) is 19.0 Å². The lowest BCUT2D eigenvalue weighted by atomic mass is 9.87. The fourth-order valence-electron chi connectivity index (χ4n) is 2.64. The Bertz CT molecular complexity index is 624. The molecule has 1 aromatic heterocycles. The molecule has 0 aliphatic rings. The number of carbonyl (C=O) groups is 3. The van der Waals surface area contributed by atoms with Crippen LogP contribution in [-0.4, -0.2) is 45.9 Å². The van der Waals surface area contributed by atoms with Gasteiger partial charge >= 0.3 is 0 Å². The van der Waals surface area contributed by atoms with Crippen molar-refractivity contribution < 1.29 is 24.0 Å². The van der Waals surface area contributed by atoms with Crippen LogP contribution in [0.4, 0.5) is 4.39 Å². The van der Waals surface area contributed by atoms with Crippen LogP contribution in [0.25, 0.3) is 0 Å². The highest BCUT2D eigenvalue weighted by Gasteiger charge is 2.31. The summed E-state index contributed by atoms with van der Waals surface area (Å²) >= 11 is 0. The Kier molecular flexibility index (Phi) is 8.84. The molecule has 1 heterocycles. The van der Waals surface area contributed by atoms with Gasteiger partial charge in [-0.3, -0.25) is 24.6 Å². The van der Waals surface area contributed by atoms with E-state index in [1.165, 1.54) is 12.3 Å². The number of nitrogens with zero attached hydrogens (tertiary/aromatic N) is 2. The van der Waals surface area contributed by atoms with Gasteiger partial charge in [0.2, 0.25) is 6.41 Å². The molecule has 8 heteroatoms. The highest BCUT2D eigenvalue weighted by Crippen LogP contribution is 2.17. The van der Waals surface area contributed by atoms with E-state index in [2.05, 4.69) is 10.3 Å². The Morgan fingerprint density at radius 2 is 2.12 bits per heavy atom. The Hall–Kier alpha value is -2.35. The number of unbranched alkanes of at least 4 members (excludes halogenated alkanes) is 1. The van der Waals surface area contributed by atoms with Gasteiger partial charge in [0.15, 0.2) is 11.6 Å². The second kappa shape index (κ2) is 10.6. The van der Waals surface area contributed by atoms with E-state index >= 15 is 0 Å². The van der Waals surface area contributed by atoms with Crippen molar-refractivity contribution in [2.24, 2.45) is 11.8 Å². The molecule has 0 radical (unpaired) electrons. The first-order valence-corrected chi connectivity index (χ1v) is 8.66. The van der Waals surface area contributed by atoms with Crippen LogP contribution in [0, 0.1) is 17.7 Å². The summed E-state index contributed by atoms with van der Waals surface area (Å²) in [6, 6.07) is 0.375. The predicted molar refractivity (Wildman–Crippen MR) is 92.9 cm³/mol. The molecule has 0 fully saturated rings. The normalized spacial score (nSPS) is 13.2. The van der Waals surface area contributed by atoms with Gasteiger partial charge in [-0.1, -0.05) is 33.6 Å². The van der Waals surface area contributed by atoms with E-state index in [9.17, 15) is 24.0 Å². The van der Waals surface area contributed by atoms with E-state index in [0.29, 0.717) is 11.5 Å². The van der Waals surface area contributed by atoms with Crippen molar-refractivity contribution in [1.29, 1.82) is 0 Å². The van der Waals surface area contributed by atoms with Crippen LogP contribution in [0.1, 0.15) is 50.4 Å². The standard InChI is InChI=1S/C18H26FN3O4/c1-4-5-6-13(10-22(26)11-23)17(24)16(12(2)3)21-18(25)14-7-8-20-9-15(14)19/h7-9,11-13,16,26H,4-6,10H2,1-3H3,(H,21,25)/t13-,16+/m1/s1. The Balaban J connectivity index is 2.97. The predicted octanol–water partition coefficient (Wildman–Crippen LogP) is 2.20. The molecule has 0 saturated carbocycles. The number of nitrogens with one attached hydrogen (secondary N) is 1. The number of hydrogen-bond donors (Lipinski definition) is 2. The lowest BCUT2D eigenvalue weighted by Crippen LogP contribution is -2.48. The van der Waals surface area contributed by atoms with Crippen molar-refractivity contribution in [3.05, 3.63) is 29.8 Å². The van der Waals surface area contributed by atoms with E-state index in [1.807, 2.05) is 6.92 Å². The summed E-state index contributed by atoms with van der Waals surface area (Å²) in [4.78, 5) is 39.6. The zero-order chi connectivity index (χ0) is 19.7. The SMILES string of the molecule is CCCC[C@H](CN(O)C=O)C(=O)[C@@H](NC(=O)c1ccncc1F)C(C)C. The maximum atomic E-state index is 13.7. The molecule has 1 aromatic rings. The first kappa shape index (κ1) is 21.7. The van der Waals surface area contributed by atoms with Gasteiger partial charge in [0.25, 0.3) is 5.91 Å². The summed E-state index contributed by atoms with van der Waals surface area (Å²) in [7, 11) is 0. The van der Waals surface area contributed by atoms with Crippen molar-refractivity contribution in [3.63, 3.8) is 0 Å². The molecule has 1 rings (SSSR count). The molecule has 2 N–H and O–H groups in total. The summed E-state index contributed by atoms with van der Waals surface area (Å²) in [6.07, 6.45) is 4.52. The summed E-state index contributed by atoms with van der Waals surface area (Å²) in [5.41, 5.74) is -0.194. The van der Waals surface area contributed by atoms with Crippen molar-refractivity contribution >= 4 is 18.1 Å². The maximum absolute atomic E-state index is 13.7. The van der Waals surface area contributed by atoms with Crippen LogP contribution >= 0.6 is 0 Å². The number of rotatable bonds is 11. The van der Waals surface area contributed by atoms with Crippen LogP contribution in [0.2, 0.25) is 0 Å². The minimum absolute atomic E-state index is 0.148. The van der Waals surface area contributed by atoms with E-state index < -0.39 is 23.7 Å². The van der Waals surface area contributed by atoms with Gasteiger partial charge in [-0.2, -0.15) is 0 Å². The number of carbonyl (C=O) groups excluding carboxylic acids is 3. The number of amides is 2. The Labute approximate surface area is 152 Å². The lowest BCUT2D eigenvalue weighted by molar-refractivity contribution is -0.154. The first-order valence-electron chi connectivity index (χ1n) is 8.66. The van der Waals surface area contributed by atoms with Gasteiger partial charge in [0.05, 0.1) is 24.3 Å². The molecule has 0 aromatic carbocycles. The smallest absolute Gasteiger partial charge is 0.254 e.